The van der Waals surface area contributed by atoms with Crippen LogP contribution in [-0.2, 0) is 9.59 Å². The van der Waals surface area contributed by atoms with Crippen LogP contribution in [0.25, 0.3) is 6.08 Å². The van der Waals surface area contributed by atoms with Crippen molar-refractivity contribution in [2.24, 2.45) is 4.99 Å². The Morgan fingerprint density at radius 1 is 1.15 bits per heavy atom. The molecule has 4 rings (SSSR count). The van der Waals surface area contributed by atoms with Crippen molar-refractivity contribution >= 4 is 86.3 Å². The van der Waals surface area contributed by atoms with Crippen LogP contribution in [0.5, 0.6) is 0 Å². The molecule has 2 heterocycles. The molecule has 1 aromatic heterocycles. The Morgan fingerprint density at radius 2 is 1.88 bits per heavy atom. The summed E-state index contributed by atoms with van der Waals surface area (Å²) in [6.07, 6.45) is 1.74. The van der Waals surface area contributed by atoms with Gasteiger partial charge in [-0.05, 0) is 59.8 Å². The van der Waals surface area contributed by atoms with E-state index in [1.807, 2.05) is 12.1 Å². The van der Waals surface area contributed by atoms with Crippen molar-refractivity contribution in [2.75, 3.05) is 11.1 Å². The zero-order chi connectivity index (χ0) is 24.1. The van der Waals surface area contributed by atoms with Crippen LogP contribution in [0.2, 0.25) is 5.02 Å². The van der Waals surface area contributed by atoms with Gasteiger partial charge in [0.25, 0.3) is 5.91 Å². The van der Waals surface area contributed by atoms with Crippen LogP contribution in [0.1, 0.15) is 15.9 Å². The molecule has 0 radical (unpaired) electrons. The van der Waals surface area contributed by atoms with Gasteiger partial charge in [-0.15, -0.1) is 10.2 Å². The quantitative estimate of drug-likeness (QED) is 0.299. The van der Waals surface area contributed by atoms with Gasteiger partial charge in [0.1, 0.15) is 0 Å². The highest BCUT2D eigenvalue weighted by Crippen LogP contribution is 2.31. The van der Waals surface area contributed by atoms with E-state index in [-0.39, 0.29) is 23.1 Å². The Kier molecular flexibility index (Phi) is 7.63. The second-order valence-corrected chi connectivity index (χ2v) is 10.2. The molecule has 1 saturated heterocycles. The number of aromatic nitrogens is 2. The molecule has 0 spiro atoms. The van der Waals surface area contributed by atoms with Gasteiger partial charge < -0.3 is 15.7 Å². The van der Waals surface area contributed by atoms with Crippen LogP contribution in [0, 0.1) is 0 Å². The minimum Gasteiger partial charge on any atom is -0.478 e. The summed E-state index contributed by atoms with van der Waals surface area (Å²) < 4.78 is 0.543. The van der Waals surface area contributed by atoms with Crippen molar-refractivity contribution in [1.82, 2.24) is 15.5 Å². The molecule has 2 amide bonds. The fraction of sp³-hybridized carbons (Fsp3) is 0.0476. The number of anilines is 1. The van der Waals surface area contributed by atoms with Gasteiger partial charge in [0, 0.05) is 10.7 Å². The lowest BCUT2D eigenvalue weighted by molar-refractivity contribution is -0.115. The van der Waals surface area contributed by atoms with E-state index >= 15 is 0 Å². The molecule has 0 aliphatic carbocycles. The molecule has 0 atom stereocenters. The third-order valence-electron chi connectivity index (χ3n) is 4.15. The van der Waals surface area contributed by atoms with Crippen molar-refractivity contribution in [2.45, 2.75) is 4.34 Å². The topological polar surface area (TPSA) is 134 Å². The highest BCUT2D eigenvalue weighted by atomic mass is 35.5. The van der Waals surface area contributed by atoms with E-state index in [1.165, 1.54) is 59.1 Å². The number of benzene rings is 2. The number of carbonyl (C=O) groups excluding carboxylic acids is 2. The Labute approximate surface area is 210 Å². The molecule has 3 aromatic rings. The van der Waals surface area contributed by atoms with Crippen molar-refractivity contribution < 1.29 is 19.5 Å². The molecule has 1 fully saturated rings. The number of hydrogen-bond donors (Lipinski definition) is 3. The van der Waals surface area contributed by atoms with Gasteiger partial charge >= 0.3 is 5.97 Å². The fourth-order valence-corrected chi connectivity index (χ4v) is 5.13. The van der Waals surface area contributed by atoms with Gasteiger partial charge in [0.05, 0.1) is 16.2 Å². The molecule has 0 unspecified atom stereocenters. The third-order valence-corrected chi connectivity index (χ3v) is 7.27. The largest absolute Gasteiger partial charge is 0.478 e. The molecule has 13 heteroatoms. The second-order valence-electron chi connectivity index (χ2n) is 6.60. The lowest BCUT2D eigenvalue weighted by Gasteiger charge is -2.04. The summed E-state index contributed by atoms with van der Waals surface area (Å²) in [7, 11) is 0. The van der Waals surface area contributed by atoms with Crippen LogP contribution >= 0.6 is 46.5 Å². The van der Waals surface area contributed by atoms with E-state index in [1.54, 1.807) is 18.2 Å². The smallest absolute Gasteiger partial charge is 0.335 e. The van der Waals surface area contributed by atoms with E-state index in [9.17, 15) is 14.4 Å². The fourth-order valence-electron chi connectivity index (χ4n) is 2.60. The highest BCUT2D eigenvalue weighted by molar-refractivity contribution is 8.18. The Morgan fingerprint density at radius 3 is 2.59 bits per heavy atom. The summed E-state index contributed by atoms with van der Waals surface area (Å²) in [5.41, 5.74) is 1.48. The van der Waals surface area contributed by atoms with Gasteiger partial charge in [-0.25, -0.2) is 4.79 Å². The molecular formula is C21H14ClN5O4S3. The molecular weight excluding hydrogens is 518 g/mol. The number of rotatable bonds is 7. The van der Waals surface area contributed by atoms with Crippen molar-refractivity contribution in [1.29, 1.82) is 0 Å². The molecule has 9 nitrogen and oxygen atoms in total. The summed E-state index contributed by atoms with van der Waals surface area (Å²) >= 11 is 9.46. The minimum absolute atomic E-state index is 0.0886. The summed E-state index contributed by atoms with van der Waals surface area (Å²) in [4.78, 5) is 40.1. The maximum absolute atomic E-state index is 12.2. The molecule has 1 aliphatic heterocycles. The highest BCUT2D eigenvalue weighted by Gasteiger charge is 2.24. The maximum Gasteiger partial charge on any atom is 0.335 e. The van der Waals surface area contributed by atoms with Crippen LogP contribution in [0.15, 0.2) is 62.8 Å². The van der Waals surface area contributed by atoms with E-state index < -0.39 is 5.97 Å². The first-order valence-electron chi connectivity index (χ1n) is 9.50. The predicted octanol–water partition coefficient (Wildman–Crippen LogP) is 4.51. The zero-order valence-corrected chi connectivity index (χ0v) is 20.2. The zero-order valence-electron chi connectivity index (χ0n) is 17.0. The number of thioether (sulfide) groups is 2. The number of halogens is 1. The predicted molar refractivity (Wildman–Crippen MR) is 135 cm³/mol. The molecule has 0 bridgehead atoms. The second kappa shape index (κ2) is 10.8. The Balaban J connectivity index is 1.31. The lowest BCUT2D eigenvalue weighted by Crippen LogP contribution is -2.19. The number of amidine groups is 1. The van der Waals surface area contributed by atoms with Crippen molar-refractivity contribution in [3.8, 4) is 0 Å². The normalized spacial score (nSPS) is 15.5. The monoisotopic (exact) mass is 531 g/mol. The summed E-state index contributed by atoms with van der Waals surface area (Å²) in [6, 6.07) is 13.0. The summed E-state index contributed by atoms with van der Waals surface area (Å²) in [6.45, 7) is 0. The number of hydrogen-bond acceptors (Lipinski definition) is 9. The van der Waals surface area contributed by atoms with Crippen molar-refractivity contribution in [3.63, 3.8) is 0 Å². The standard InChI is InChI=1S/C21H14ClN5O4S3/c22-13-5-1-11(2-6-13)9-15-17(29)24-19(33-15)25-20-26-27-21(34-20)32-10-16(28)23-14-7-3-12(4-8-14)18(30)31/h1-9H,10H2,(H,23,28)(H,30,31)(H,24,25,26,29)/b15-9-. The molecule has 172 valence electrons. The molecule has 3 N–H and O–H groups in total. The van der Waals surface area contributed by atoms with Crippen molar-refractivity contribution in [3.05, 3.63) is 69.6 Å². The Bertz CT molecular complexity index is 1310. The van der Waals surface area contributed by atoms with Gasteiger partial charge in [0.2, 0.25) is 11.0 Å². The van der Waals surface area contributed by atoms with Gasteiger partial charge in [-0.3, -0.25) is 9.59 Å². The summed E-state index contributed by atoms with van der Waals surface area (Å²) in [5, 5.41) is 23.6. The molecule has 34 heavy (non-hydrogen) atoms. The summed E-state index contributed by atoms with van der Waals surface area (Å²) in [5.74, 6) is -1.48. The number of aliphatic imine (C=N–C) groups is 1. The number of carbonyl (C=O) groups is 3. The third kappa shape index (κ3) is 6.44. The number of amides is 2. The average molecular weight is 532 g/mol. The lowest BCUT2D eigenvalue weighted by atomic mass is 10.2. The van der Waals surface area contributed by atoms with Gasteiger partial charge in [-0.1, -0.05) is 46.8 Å². The van der Waals surface area contributed by atoms with Crippen LogP contribution in [0.4, 0.5) is 10.8 Å². The average Bonchev–Trinajstić information content (AvgIpc) is 3.40. The van der Waals surface area contributed by atoms with Gasteiger partial charge in [-0.2, -0.15) is 4.99 Å². The number of carboxylic acids is 1. The Hall–Kier alpha value is -3.19. The first-order chi connectivity index (χ1) is 16.4. The number of carboxylic acid groups (broad SMARTS) is 1. The maximum atomic E-state index is 12.2. The number of nitrogens with one attached hydrogen (secondary N) is 2. The van der Waals surface area contributed by atoms with E-state index in [0.29, 0.717) is 30.3 Å². The van der Waals surface area contributed by atoms with Crippen LogP contribution in [0.3, 0.4) is 0 Å². The number of aromatic carboxylic acids is 1. The van der Waals surface area contributed by atoms with E-state index in [4.69, 9.17) is 16.7 Å². The van der Waals surface area contributed by atoms with Gasteiger partial charge in [0.15, 0.2) is 9.51 Å². The first kappa shape index (κ1) is 24.0. The minimum atomic E-state index is -1.03. The van der Waals surface area contributed by atoms with Crippen LogP contribution in [-0.4, -0.2) is 44.0 Å². The first-order valence-corrected chi connectivity index (χ1v) is 12.5. The molecule has 0 saturated carbocycles. The molecule has 2 aromatic carbocycles. The number of nitrogens with zero attached hydrogens (tertiary/aromatic N) is 3. The SMILES string of the molecule is O=C(CSc1nnc(/N=C2\NC(=O)/C(=C/c3ccc(Cl)cc3)S2)s1)Nc1ccc(C(=O)O)cc1. The molecule has 1 aliphatic rings. The van der Waals surface area contributed by atoms with E-state index in [2.05, 4.69) is 25.8 Å². The van der Waals surface area contributed by atoms with Crippen LogP contribution < -0.4 is 10.6 Å². The van der Waals surface area contributed by atoms with E-state index in [0.717, 1.165) is 5.56 Å².